The van der Waals surface area contributed by atoms with Gasteiger partial charge in [0.2, 0.25) is 5.88 Å². The Morgan fingerprint density at radius 1 is 1.26 bits per heavy atom. The van der Waals surface area contributed by atoms with E-state index in [1.54, 1.807) is 7.11 Å². The number of nitrogens with zero attached hydrogens (tertiary/aromatic N) is 3. The van der Waals surface area contributed by atoms with Crippen LogP contribution >= 0.6 is 0 Å². The third kappa shape index (κ3) is 3.13. The average Bonchev–Trinajstić information content (AvgIpc) is 2.46. The van der Waals surface area contributed by atoms with Crippen molar-refractivity contribution in [1.82, 2.24) is 9.97 Å². The van der Waals surface area contributed by atoms with Crippen molar-refractivity contribution in [2.45, 2.75) is 13.5 Å². The molecule has 1 aromatic carbocycles. The van der Waals surface area contributed by atoms with Crippen molar-refractivity contribution < 1.29 is 4.74 Å². The summed E-state index contributed by atoms with van der Waals surface area (Å²) in [4.78, 5) is 10.4. The minimum atomic E-state index is 0.560. The molecule has 0 atom stereocenters. The van der Waals surface area contributed by atoms with Gasteiger partial charge in [0.15, 0.2) is 0 Å². The smallest absolute Gasteiger partial charge is 0.218 e. The van der Waals surface area contributed by atoms with Gasteiger partial charge < -0.3 is 15.4 Å². The summed E-state index contributed by atoms with van der Waals surface area (Å²) in [5.74, 6) is 1.39. The summed E-state index contributed by atoms with van der Waals surface area (Å²) < 4.78 is 5.12. The number of aromatic nitrogens is 2. The molecule has 1 heterocycles. The van der Waals surface area contributed by atoms with E-state index in [4.69, 9.17) is 10.5 Å². The summed E-state index contributed by atoms with van der Waals surface area (Å²) in [6, 6.07) is 9.67. The molecule has 5 nitrogen and oxygen atoms in total. The highest BCUT2D eigenvalue weighted by atomic mass is 16.5. The Balaban J connectivity index is 2.22. The van der Waals surface area contributed by atoms with E-state index in [1.165, 1.54) is 6.33 Å². The Morgan fingerprint density at radius 3 is 2.74 bits per heavy atom. The Morgan fingerprint density at radius 2 is 2.05 bits per heavy atom. The number of rotatable bonds is 5. The molecule has 0 saturated carbocycles. The van der Waals surface area contributed by atoms with Gasteiger partial charge in [0.1, 0.15) is 12.1 Å². The summed E-state index contributed by atoms with van der Waals surface area (Å²) in [6.45, 7) is 3.62. The second-order valence-corrected chi connectivity index (χ2v) is 4.13. The minimum absolute atomic E-state index is 0.560. The Labute approximate surface area is 113 Å². The maximum Gasteiger partial charge on any atom is 0.218 e. The normalized spacial score (nSPS) is 10.2. The number of para-hydroxylation sites is 1. The Bertz CT molecular complexity index is 544. The van der Waals surface area contributed by atoms with Gasteiger partial charge in [0, 0.05) is 24.8 Å². The first-order chi connectivity index (χ1) is 9.24. The molecule has 0 spiro atoms. The number of benzene rings is 1. The quantitative estimate of drug-likeness (QED) is 0.832. The molecule has 2 N–H and O–H groups in total. The largest absolute Gasteiger partial charge is 0.481 e. The van der Waals surface area contributed by atoms with Crippen LogP contribution in [0.2, 0.25) is 0 Å². The van der Waals surface area contributed by atoms with Gasteiger partial charge in [0.05, 0.1) is 7.11 Å². The fourth-order valence-electron chi connectivity index (χ4n) is 1.85. The lowest BCUT2D eigenvalue weighted by atomic mass is 10.1. The monoisotopic (exact) mass is 258 g/mol. The predicted molar refractivity (Wildman–Crippen MR) is 76.2 cm³/mol. The molecule has 100 valence electrons. The van der Waals surface area contributed by atoms with Gasteiger partial charge in [-0.25, -0.2) is 9.97 Å². The van der Waals surface area contributed by atoms with Crippen LogP contribution in [-0.2, 0) is 6.54 Å². The average molecular weight is 258 g/mol. The fourth-order valence-corrected chi connectivity index (χ4v) is 1.85. The molecule has 5 heteroatoms. The van der Waals surface area contributed by atoms with E-state index >= 15 is 0 Å². The van der Waals surface area contributed by atoms with Crippen molar-refractivity contribution in [3.8, 4) is 5.88 Å². The molecule has 0 unspecified atom stereocenters. The van der Waals surface area contributed by atoms with Crippen LogP contribution in [0.5, 0.6) is 5.88 Å². The number of ether oxygens (including phenoxy) is 1. The van der Waals surface area contributed by atoms with Crippen LogP contribution in [-0.4, -0.2) is 23.6 Å². The van der Waals surface area contributed by atoms with Crippen LogP contribution in [0.25, 0.3) is 0 Å². The van der Waals surface area contributed by atoms with Crippen LogP contribution in [0, 0.1) is 0 Å². The summed E-state index contributed by atoms with van der Waals surface area (Å²) in [7, 11) is 1.59. The van der Waals surface area contributed by atoms with Crippen molar-refractivity contribution in [1.29, 1.82) is 0 Å². The highest BCUT2D eigenvalue weighted by Gasteiger charge is 2.09. The SMILES string of the molecule is CCN(Cc1ccccc1N)c1cc(OC)ncn1. The highest BCUT2D eigenvalue weighted by molar-refractivity contribution is 5.50. The van der Waals surface area contributed by atoms with Crippen LogP contribution in [0.3, 0.4) is 0 Å². The van der Waals surface area contributed by atoms with Crippen molar-refractivity contribution in [3.05, 3.63) is 42.2 Å². The summed E-state index contributed by atoms with van der Waals surface area (Å²) in [5, 5.41) is 0. The molecular weight excluding hydrogens is 240 g/mol. The van der Waals surface area contributed by atoms with Crippen molar-refractivity contribution in [2.24, 2.45) is 0 Å². The zero-order valence-corrected chi connectivity index (χ0v) is 11.2. The van der Waals surface area contributed by atoms with Crippen LogP contribution in [0.4, 0.5) is 11.5 Å². The number of anilines is 2. The van der Waals surface area contributed by atoms with Gasteiger partial charge in [-0.2, -0.15) is 0 Å². The van der Waals surface area contributed by atoms with Gasteiger partial charge >= 0.3 is 0 Å². The Hall–Kier alpha value is -2.30. The number of hydrogen-bond donors (Lipinski definition) is 1. The van der Waals surface area contributed by atoms with Crippen molar-refractivity contribution >= 4 is 11.5 Å². The third-order valence-electron chi connectivity index (χ3n) is 2.96. The maximum absolute atomic E-state index is 5.97. The lowest BCUT2D eigenvalue weighted by Crippen LogP contribution is -2.23. The van der Waals surface area contributed by atoms with Gasteiger partial charge in [0.25, 0.3) is 0 Å². The molecule has 1 aromatic heterocycles. The molecule has 0 amide bonds. The predicted octanol–water partition coefficient (Wildman–Crippen LogP) is 2.09. The number of methoxy groups -OCH3 is 1. The van der Waals surface area contributed by atoms with Crippen LogP contribution in [0.15, 0.2) is 36.7 Å². The second-order valence-electron chi connectivity index (χ2n) is 4.13. The van der Waals surface area contributed by atoms with Gasteiger partial charge in [-0.3, -0.25) is 0 Å². The second kappa shape index (κ2) is 6.04. The van der Waals surface area contributed by atoms with Crippen LogP contribution < -0.4 is 15.4 Å². The standard InChI is InChI=1S/C14H18N4O/c1-3-18(9-11-6-4-5-7-12(11)15)13-8-14(19-2)17-10-16-13/h4-8,10H,3,9,15H2,1-2H3. The van der Waals surface area contributed by atoms with E-state index < -0.39 is 0 Å². The third-order valence-corrected chi connectivity index (χ3v) is 2.96. The highest BCUT2D eigenvalue weighted by Crippen LogP contribution is 2.20. The molecule has 0 bridgehead atoms. The van der Waals surface area contributed by atoms with Gasteiger partial charge in [-0.05, 0) is 18.6 Å². The molecule has 0 radical (unpaired) electrons. The molecule has 0 aliphatic heterocycles. The van der Waals surface area contributed by atoms with E-state index in [0.29, 0.717) is 12.4 Å². The maximum atomic E-state index is 5.97. The van der Waals surface area contributed by atoms with E-state index in [0.717, 1.165) is 23.6 Å². The molecule has 2 aromatic rings. The lowest BCUT2D eigenvalue weighted by Gasteiger charge is -2.22. The molecule has 0 aliphatic carbocycles. The van der Waals surface area contributed by atoms with Gasteiger partial charge in [-0.15, -0.1) is 0 Å². The topological polar surface area (TPSA) is 64.3 Å². The van der Waals surface area contributed by atoms with E-state index in [2.05, 4.69) is 21.8 Å². The molecule has 0 fully saturated rings. The minimum Gasteiger partial charge on any atom is -0.481 e. The molecule has 2 rings (SSSR count). The molecule has 0 saturated heterocycles. The molecular formula is C14H18N4O. The molecule has 0 aliphatic rings. The summed E-state index contributed by atoms with van der Waals surface area (Å²) >= 11 is 0. The number of nitrogen functional groups attached to an aromatic ring is 1. The van der Waals surface area contributed by atoms with E-state index in [1.807, 2.05) is 30.3 Å². The van der Waals surface area contributed by atoms with E-state index in [9.17, 15) is 0 Å². The zero-order chi connectivity index (χ0) is 13.7. The van der Waals surface area contributed by atoms with Crippen LogP contribution in [0.1, 0.15) is 12.5 Å². The van der Waals surface area contributed by atoms with Crippen molar-refractivity contribution in [3.63, 3.8) is 0 Å². The summed E-state index contributed by atoms with van der Waals surface area (Å²) in [5.41, 5.74) is 7.85. The number of nitrogens with two attached hydrogens (primary N) is 1. The first-order valence-electron chi connectivity index (χ1n) is 6.19. The number of hydrogen-bond acceptors (Lipinski definition) is 5. The summed E-state index contributed by atoms with van der Waals surface area (Å²) in [6.07, 6.45) is 1.51. The van der Waals surface area contributed by atoms with E-state index in [-0.39, 0.29) is 0 Å². The first kappa shape index (κ1) is 13.1. The Kier molecular flexibility index (Phi) is 4.18. The molecule has 19 heavy (non-hydrogen) atoms. The first-order valence-corrected chi connectivity index (χ1v) is 6.19. The van der Waals surface area contributed by atoms with Gasteiger partial charge in [-0.1, -0.05) is 18.2 Å². The van der Waals surface area contributed by atoms with Crippen molar-refractivity contribution in [2.75, 3.05) is 24.3 Å². The zero-order valence-electron chi connectivity index (χ0n) is 11.2. The lowest BCUT2D eigenvalue weighted by molar-refractivity contribution is 0.396. The fraction of sp³-hybridized carbons (Fsp3) is 0.286.